The molecule has 0 unspecified atom stereocenters. The van der Waals surface area contributed by atoms with Crippen molar-refractivity contribution in [1.29, 1.82) is 0 Å². The van der Waals surface area contributed by atoms with Crippen LogP contribution in [0.25, 0.3) is 0 Å². The maximum Gasteiger partial charge on any atom is 0.138 e. The molecular formula is C15H25Cl3N2O. The number of phenolic OH excluding ortho intramolecular Hbond substituents is 1. The highest BCUT2D eigenvalue weighted by Gasteiger charge is 2.24. The number of aromatic hydroxyl groups is 1. The minimum Gasteiger partial charge on any atom is -0.506 e. The Balaban J connectivity index is 0.00000200. The average Bonchev–Trinajstić information content (AvgIpc) is 2.45. The SMILES string of the molecule is CCCC[C@@H](c1cccc(Cl)c1O)N1CCNCC1.Cl.Cl. The summed E-state index contributed by atoms with van der Waals surface area (Å²) < 4.78 is 0. The molecule has 1 atom stereocenters. The van der Waals surface area contributed by atoms with E-state index in [4.69, 9.17) is 11.6 Å². The van der Waals surface area contributed by atoms with E-state index in [0.717, 1.165) is 38.2 Å². The van der Waals surface area contributed by atoms with E-state index in [2.05, 4.69) is 17.1 Å². The summed E-state index contributed by atoms with van der Waals surface area (Å²) in [4.78, 5) is 2.46. The lowest BCUT2D eigenvalue weighted by molar-refractivity contribution is 0.160. The van der Waals surface area contributed by atoms with Gasteiger partial charge in [-0.25, -0.2) is 0 Å². The van der Waals surface area contributed by atoms with Gasteiger partial charge in [-0.05, 0) is 12.5 Å². The number of hydrogen-bond acceptors (Lipinski definition) is 3. The fourth-order valence-electron chi connectivity index (χ4n) is 2.73. The second-order valence-electron chi connectivity index (χ2n) is 5.12. The van der Waals surface area contributed by atoms with Gasteiger partial charge < -0.3 is 10.4 Å². The minimum absolute atomic E-state index is 0. The molecule has 0 bridgehead atoms. The summed E-state index contributed by atoms with van der Waals surface area (Å²) in [6, 6.07) is 5.96. The lowest BCUT2D eigenvalue weighted by atomic mass is 9.98. The Bertz CT molecular complexity index is 412. The molecule has 0 saturated carbocycles. The van der Waals surface area contributed by atoms with Crippen molar-refractivity contribution < 1.29 is 5.11 Å². The molecule has 122 valence electrons. The predicted octanol–water partition coefficient (Wildman–Crippen LogP) is 4.03. The third-order valence-corrected chi connectivity index (χ3v) is 4.11. The number of benzene rings is 1. The molecule has 0 amide bonds. The number of nitrogens with zero attached hydrogens (tertiary/aromatic N) is 1. The van der Waals surface area contributed by atoms with Gasteiger partial charge in [0.15, 0.2) is 0 Å². The van der Waals surface area contributed by atoms with Crippen LogP contribution in [-0.2, 0) is 0 Å². The topological polar surface area (TPSA) is 35.5 Å². The third-order valence-electron chi connectivity index (χ3n) is 3.80. The summed E-state index contributed by atoms with van der Waals surface area (Å²) in [6.45, 7) is 6.29. The Hall–Kier alpha value is -0.190. The number of piperazine rings is 1. The van der Waals surface area contributed by atoms with Gasteiger partial charge in [0, 0.05) is 37.8 Å². The molecule has 1 aliphatic rings. The van der Waals surface area contributed by atoms with Crippen molar-refractivity contribution in [2.45, 2.75) is 32.2 Å². The van der Waals surface area contributed by atoms with Crippen LogP contribution in [0.15, 0.2) is 18.2 Å². The molecule has 6 heteroatoms. The maximum absolute atomic E-state index is 10.2. The van der Waals surface area contributed by atoms with Crippen molar-refractivity contribution >= 4 is 36.4 Å². The zero-order chi connectivity index (χ0) is 13.7. The highest BCUT2D eigenvalue weighted by Crippen LogP contribution is 2.36. The molecule has 0 spiro atoms. The number of rotatable bonds is 5. The van der Waals surface area contributed by atoms with Gasteiger partial charge in [-0.3, -0.25) is 4.90 Å². The first-order valence-electron chi connectivity index (χ1n) is 7.16. The van der Waals surface area contributed by atoms with Crippen LogP contribution in [0.4, 0.5) is 0 Å². The van der Waals surface area contributed by atoms with Gasteiger partial charge in [-0.15, -0.1) is 24.8 Å². The monoisotopic (exact) mass is 354 g/mol. The first-order valence-corrected chi connectivity index (χ1v) is 7.54. The van der Waals surface area contributed by atoms with Crippen LogP contribution >= 0.6 is 36.4 Å². The van der Waals surface area contributed by atoms with Crippen molar-refractivity contribution in [3.8, 4) is 5.75 Å². The van der Waals surface area contributed by atoms with E-state index in [-0.39, 0.29) is 36.6 Å². The van der Waals surface area contributed by atoms with E-state index in [1.54, 1.807) is 6.07 Å². The molecule has 2 N–H and O–H groups in total. The number of phenols is 1. The van der Waals surface area contributed by atoms with Crippen molar-refractivity contribution in [2.24, 2.45) is 0 Å². The number of nitrogens with one attached hydrogen (secondary N) is 1. The van der Waals surface area contributed by atoms with Gasteiger partial charge in [0.1, 0.15) is 5.75 Å². The molecular weight excluding hydrogens is 331 g/mol. The summed E-state index contributed by atoms with van der Waals surface area (Å²) in [5.41, 5.74) is 0.975. The summed E-state index contributed by atoms with van der Waals surface area (Å²) >= 11 is 6.05. The van der Waals surface area contributed by atoms with Crippen LogP contribution in [0, 0.1) is 0 Å². The van der Waals surface area contributed by atoms with Crippen molar-refractivity contribution in [1.82, 2.24) is 10.2 Å². The molecule has 2 rings (SSSR count). The Morgan fingerprint density at radius 1 is 1.29 bits per heavy atom. The van der Waals surface area contributed by atoms with E-state index in [9.17, 15) is 5.11 Å². The molecule has 1 heterocycles. The van der Waals surface area contributed by atoms with Gasteiger partial charge in [0.2, 0.25) is 0 Å². The minimum atomic E-state index is 0. The van der Waals surface area contributed by atoms with E-state index in [1.165, 1.54) is 12.8 Å². The van der Waals surface area contributed by atoms with Gasteiger partial charge in [-0.2, -0.15) is 0 Å². The molecule has 1 aromatic rings. The molecule has 1 aliphatic heterocycles. The van der Waals surface area contributed by atoms with Crippen LogP contribution in [-0.4, -0.2) is 36.2 Å². The molecule has 0 aliphatic carbocycles. The molecule has 1 saturated heterocycles. The Morgan fingerprint density at radius 2 is 1.95 bits per heavy atom. The van der Waals surface area contributed by atoms with Crippen molar-refractivity contribution in [3.05, 3.63) is 28.8 Å². The predicted molar refractivity (Wildman–Crippen MR) is 94.3 cm³/mol. The van der Waals surface area contributed by atoms with Gasteiger partial charge in [0.05, 0.1) is 5.02 Å². The highest BCUT2D eigenvalue weighted by molar-refractivity contribution is 6.32. The van der Waals surface area contributed by atoms with Crippen molar-refractivity contribution in [2.75, 3.05) is 26.2 Å². The van der Waals surface area contributed by atoms with Gasteiger partial charge in [0.25, 0.3) is 0 Å². The maximum atomic E-state index is 10.2. The first kappa shape index (κ1) is 20.8. The standard InChI is InChI=1S/C15H23ClN2O.2ClH/c1-2-3-7-14(18-10-8-17-9-11-18)12-5-4-6-13(16)15(12)19;;/h4-6,14,17,19H,2-3,7-11H2,1H3;2*1H/t14-;;/m0../s1. The molecule has 1 aromatic carbocycles. The summed E-state index contributed by atoms with van der Waals surface area (Å²) in [5, 5.41) is 14.0. The van der Waals surface area contributed by atoms with E-state index >= 15 is 0 Å². The second kappa shape index (κ2) is 10.5. The van der Waals surface area contributed by atoms with Gasteiger partial charge >= 0.3 is 0 Å². The lowest BCUT2D eigenvalue weighted by Crippen LogP contribution is -2.45. The average molecular weight is 356 g/mol. The molecule has 3 nitrogen and oxygen atoms in total. The summed E-state index contributed by atoms with van der Waals surface area (Å²) in [6.07, 6.45) is 3.41. The normalized spacial score (nSPS) is 16.7. The molecule has 0 aromatic heterocycles. The summed E-state index contributed by atoms with van der Waals surface area (Å²) in [7, 11) is 0. The molecule has 21 heavy (non-hydrogen) atoms. The number of hydrogen-bond donors (Lipinski definition) is 2. The Kier molecular flexibility index (Phi) is 10.4. The molecule has 0 radical (unpaired) electrons. The number of halogens is 3. The van der Waals surface area contributed by atoms with Crippen LogP contribution in [0.5, 0.6) is 5.75 Å². The van der Waals surface area contributed by atoms with E-state index < -0.39 is 0 Å². The zero-order valence-corrected chi connectivity index (χ0v) is 14.7. The van der Waals surface area contributed by atoms with Crippen LogP contribution in [0.3, 0.4) is 0 Å². The quantitative estimate of drug-likeness (QED) is 0.837. The van der Waals surface area contributed by atoms with Gasteiger partial charge in [-0.1, -0.05) is 43.5 Å². The highest BCUT2D eigenvalue weighted by atomic mass is 35.5. The van der Waals surface area contributed by atoms with Crippen LogP contribution < -0.4 is 5.32 Å². The summed E-state index contributed by atoms with van der Waals surface area (Å²) in [5.74, 6) is 0.254. The fraction of sp³-hybridized carbons (Fsp3) is 0.600. The Morgan fingerprint density at radius 3 is 2.57 bits per heavy atom. The number of unbranched alkanes of at least 4 members (excludes halogenated alkanes) is 1. The van der Waals surface area contributed by atoms with Crippen LogP contribution in [0.1, 0.15) is 37.8 Å². The third kappa shape index (κ3) is 5.50. The molecule has 1 fully saturated rings. The van der Waals surface area contributed by atoms with E-state index in [1.807, 2.05) is 12.1 Å². The smallest absolute Gasteiger partial charge is 0.138 e. The van der Waals surface area contributed by atoms with Crippen LogP contribution in [0.2, 0.25) is 5.02 Å². The van der Waals surface area contributed by atoms with Crippen molar-refractivity contribution in [3.63, 3.8) is 0 Å². The zero-order valence-electron chi connectivity index (χ0n) is 12.3. The fourth-order valence-corrected chi connectivity index (χ4v) is 2.91. The number of para-hydroxylation sites is 1. The van der Waals surface area contributed by atoms with E-state index in [0.29, 0.717) is 5.02 Å². The Labute approximate surface area is 144 Å². The lowest BCUT2D eigenvalue weighted by Gasteiger charge is -2.35. The first-order chi connectivity index (χ1) is 9.24. The largest absolute Gasteiger partial charge is 0.506 e. The second-order valence-corrected chi connectivity index (χ2v) is 5.53.